The van der Waals surface area contributed by atoms with E-state index in [0.29, 0.717) is 5.69 Å². The molecule has 1 aliphatic heterocycles. The van der Waals surface area contributed by atoms with Gasteiger partial charge in [0.1, 0.15) is 11.6 Å². The first-order chi connectivity index (χ1) is 10.7. The summed E-state index contributed by atoms with van der Waals surface area (Å²) in [6.07, 6.45) is 1.95. The van der Waals surface area contributed by atoms with Crippen LogP contribution in [0.1, 0.15) is 18.4 Å². The highest BCUT2D eigenvalue weighted by Crippen LogP contribution is 2.20. The van der Waals surface area contributed by atoms with Gasteiger partial charge >= 0.3 is 0 Å². The third-order valence-electron chi connectivity index (χ3n) is 4.07. The van der Waals surface area contributed by atoms with Gasteiger partial charge in [0.15, 0.2) is 0 Å². The number of piperidine rings is 1. The number of halogens is 2. The zero-order chi connectivity index (χ0) is 15.4. The van der Waals surface area contributed by atoms with Gasteiger partial charge in [-0.15, -0.1) is 0 Å². The van der Waals surface area contributed by atoms with Gasteiger partial charge in [-0.2, -0.15) is 0 Å². The minimum Gasteiger partial charge on any atom is -0.382 e. The van der Waals surface area contributed by atoms with Crippen molar-refractivity contribution in [1.82, 2.24) is 4.90 Å². The summed E-state index contributed by atoms with van der Waals surface area (Å²) < 4.78 is 26.4. The minimum atomic E-state index is -0.538. The van der Waals surface area contributed by atoms with Crippen molar-refractivity contribution in [2.75, 3.05) is 18.4 Å². The van der Waals surface area contributed by atoms with Crippen molar-refractivity contribution in [2.45, 2.75) is 25.4 Å². The van der Waals surface area contributed by atoms with Crippen LogP contribution in [0.5, 0.6) is 0 Å². The molecule has 0 radical (unpaired) electrons. The van der Waals surface area contributed by atoms with Gasteiger partial charge in [-0.1, -0.05) is 30.3 Å². The first kappa shape index (κ1) is 15.0. The van der Waals surface area contributed by atoms with Crippen LogP contribution in [0, 0.1) is 11.6 Å². The van der Waals surface area contributed by atoms with Gasteiger partial charge in [-0.3, -0.25) is 4.90 Å². The Morgan fingerprint density at radius 2 is 1.59 bits per heavy atom. The molecular weight excluding hydrogens is 282 g/mol. The maximum Gasteiger partial charge on any atom is 0.128 e. The molecule has 4 heteroatoms. The predicted molar refractivity (Wildman–Crippen MR) is 84.7 cm³/mol. The highest BCUT2D eigenvalue weighted by atomic mass is 19.1. The summed E-state index contributed by atoms with van der Waals surface area (Å²) in [6, 6.07) is 14.3. The summed E-state index contributed by atoms with van der Waals surface area (Å²) in [6.45, 7) is 2.94. The lowest BCUT2D eigenvalue weighted by Crippen LogP contribution is -2.38. The number of hydrogen-bond acceptors (Lipinski definition) is 2. The molecule has 1 aliphatic rings. The van der Waals surface area contributed by atoms with Crippen molar-refractivity contribution >= 4 is 5.69 Å². The molecule has 0 unspecified atom stereocenters. The Balaban J connectivity index is 1.51. The number of benzene rings is 2. The van der Waals surface area contributed by atoms with E-state index in [2.05, 4.69) is 34.5 Å². The topological polar surface area (TPSA) is 15.3 Å². The number of likely N-dealkylation sites (tertiary alicyclic amines) is 1. The third-order valence-corrected chi connectivity index (χ3v) is 4.07. The van der Waals surface area contributed by atoms with Crippen molar-refractivity contribution in [3.8, 4) is 0 Å². The van der Waals surface area contributed by atoms with E-state index in [1.54, 1.807) is 0 Å². The summed E-state index contributed by atoms with van der Waals surface area (Å²) in [5.74, 6) is -1.08. The molecule has 1 heterocycles. The monoisotopic (exact) mass is 302 g/mol. The van der Waals surface area contributed by atoms with E-state index in [1.807, 2.05) is 6.07 Å². The van der Waals surface area contributed by atoms with Gasteiger partial charge in [0.25, 0.3) is 0 Å². The van der Waals surface area contributed by atoms with E-state index in [0.717, 1.165) is 38.5 Å². The largest absolute Gasteiger partial charge is 0.382 e. The predicted octanol–water partition coefficient (Wildman–Crippen LogP) is 4.04. The van der Waals surface area contributed by atoms with Crippen LogP contribution in [0.4, 0.5) is 14.5 Å². The molecule has 0 atom stereocenters. The Morgan fingerprint density at radius 1 is 0.955 bits per heavy atom. The zero-order valence-electron chi connectivity index (χ0n) is 12.4. The van der Waals surface area contributed by atoms with Crippen LogP contribution in [0.3, 0.4) is 0 Å². The second-order valence-electron chi connectivity index (χ2n) is 5.84. The fourth-order valence-electron chi connectivity index (χ4n) is 2.95. The molecular formula is C18H20F2N2. The summed E-state index contributed by atoms with van der Waals surface area (Å²) in [7, 11) is 0. The van der Waals surface area contributed by atoms with Crippen LogP contribution in [0.15, 0.2) is 48.5 Å². The molecule has 1 N–H and O–H groups in total. The minimum absolute atomic E-state index is 0.272. The van der Waals surface area contributed by atoms with Crippen LogP contribution in [-0.4, -0.2) is 24.0 Å². The molecule has 1 saturated heterocycles. The molecule has 0 amide bonds. The molecule has 1 fully saturated rings. The van der Waals surface area contributed by atoms with Crippen molar-refractivity contribution in [1.29, 1.82) is 0 Å². The first-order valence-electron chi connectivity index (χ1n) is 7.68. The summed E-state index contributed by atoms with van der Waals surface area (Å²) in [4.78, 5) is 2.42. The van der Waals surface area contributed by atoms with Crippen molar-refractivity contribution < 1.29 is 8.78 Å². The standard InChI is InChI=1S/C18H20F2N2/c19-15-10-16(20)12-18(11-15)21-17-6-8-22(9-7-17)13-14-4-2-1-3-5-14/h1-5,10-12,17,21H,6-9,13H2. The van der Waals surface area contributed by atoms with E-state index in [9.17, 15) is 8.78 Å². The fraction of sp³-hybridized carbons (Fsp3) is 0.333. The lowest BCUT2D eigenvalue weighted by atomic mass is 10.0. The molecule has 0 saturated carbocycles. The summed E-state index contributed by atoms with van der Waals surface area (Å²) in [5, 5.41) is 3.24. The zero-order valence-corrected chi connectivity index (χ0v) is 12.4. The van der Waals surface area contributed by atoms with Gasteiger partial charge in [0.05, 0.1) is 0 Å². The van der Waals surface area contributed by atoms with E-state index in [-0.39, 0.29) is 6.04 Å². The first-order valence-corrected chi connectivity index (χ1v) is 7.68. The Morgan fingerprint density at radius 3 is 2.23 bits per heavy atom. The summed E-state index contributed by atoms with van der Waals surface area (Å²) >= 11 is 0. The number of anilines is 1. The lowest BCUT2D eigenvalue weighted by molar-refractivity contribution is 0.211. The van der Waals surface area contributed by atoms with Gasteiger partial charge in [0, 0.05) is 37.4 Å². The SMILES string of the molecule is Fc1cc(F)cc(NC2CCN(Cc3ccccc3)CC2)c1. The van der Waals surface area contributed by atoms with Gasteiger partial charge in [-0.25, -0.2) is 8.78 Å². The molecule has 3 rings (SSSR count). The van der Waals surface area contributed by atoms with Crippen molar-refractivity contribution in [3.63, 3.8) is 0 Å². The molecule has 2 aromatic carbocycles. The third kappa shape index (κ3) is 4.04. The van der Waals surface area contributed by atoms with E-state index < -0.39 is 11.6 Å². The van der Waals surface area contributed by atoms with E-state index in [1.165, 1.54) is 17.7 Å². The molecule has 116 valence electrons. The maximum absolute atomic E-state index is 13.2. The van der Waals surface area contributed by atoms with Crippen LogP contribution >= 0.6 is 0 Å². The van der Waals surface area contributed by atoms with Gasteiger partial charge in [0.2, 0.25) is 0 Å². The number of nitrogens with zero attached hydrogens (tertiary/aromatic N) is 1. The quantitative estimate of drug-likeness (QED) is 0.917. The molecule has 0 aliphatic carbocycles. The van der Waals surface area contributed by atoms with Crippen molar-refractivity contribution in [2.24, 2.45) is 0 Å². The highest BCUT2D eigenvalue weighted by Gasteiger charge is 2.19. The fourth-order valence-corrected chi connectivity index (χ4v) is 2.95. The lowest BCUT2D eigenvalue weighted by Gasteiger charge is -2.32. The van der Waals surface area contributed by atoms with Crippen LogP contribution in [0.2, 0.25) is 0 Å². The number of nitrogens with one attached hydrogen (secondary N) is 1. The molecule has 0 spiro atoms. The van der Waals surface area contributed by atoms with Crippen LogP contribution in [-0.2, 0) is 6.54 Å². The Hall–Kier alpha value is -1.94. The number of hydrogen-bond donors (Lipinski definition) is 1. The average molecular weight is 302 g/mol. The average Bonchev–Trinajstić information content (AvgIpc) is 2.49. The van der Waals surface area contributed by atoms with Crippen LogP contribution < -0.4 is 5.32 Å². The molecule has 2 nitrogen and oxygen atoms in total. The van der Waals surface area contributed by atoms with Gasteiger partial charge in [-0.05, 0) is 30.5 Å². The van der Waals surface area contributed by atoms with Crippen molar-refractivity contribution in [3.05, 3.63) is 65.7 Å². The molecule has 2 aromatic rings. The Labute approximate surface area is 129 Å². The normalized spacial score (nSPS) is 16.6. The highest BCUT2D eigenvalue weighted by molar-refractivity contribution is 5.44. The second kappa shape index (κ2) is 6.88. The molecule has 0 aromatic heterocycles. The van der Waals surface area contributed by atoms with E-state index >= 15 is 0 Å². The Bertz CT molecular complexity index is 587. The van der Waals surface area contributed by atoms with Crippen LogP contribution in [0.25, 0.3) is 0 Å². The number of rotatable bonds is 4. The Kier molecular flexibility index (Phi) is 4.68. The second-order valence-corrected chi connectivity index (χ2v) is 5.84. The maximum atomic E-state index is 13.2. The van der Waals surface area contributed by atoms with Gasteiger partial charge < -0.3 is 5.32 Å². The molecule has 22 heavy (non-hydrogen) atoms. The smallest absolute Gasteiger partial charge is 0.128 e. The van der Waals surface area contributed by atoms with E-state index in [4.69, 9.17) is 0 Å². The molecule has 0 bridgehead atoms. The summed E-state index contributed by atoms with van der Waals surface area (Å²) in [5.41, 5.74) is 1.85.